The van der Waals surface area contributed by atoms with Crippen molar-refractivity contribution < 1.29 is 20.1 Å². The van der Waals surface area contributed by atoms with Crippen molar-refractivity contribution in [2.75, 3.05) is 0 Å². The summed E-state index contributed by atoms with van der Waals surface area (Å²) in [5.41, 5.74) is -0.0249. The Labute approximate surface area is 68.7 Å². The van der Waals surface area contributed by atoms with Crippen LogP contribution in [0.5, 0.6) is 11.5 Å². The van der Waals surface area contributed by atoms with Crippen LogP contribution in [0.15, 0.2) is 12.1 Å². The zero-order chi connectivity index (χ0) is 9.30. The molecule has 0 aliphatic heterocycles. The molecule has 0 spiro atoms. The first-order valence-electron chi connectivity index (χ1n) is 3.26. The number of hydrogen-bond acceptors (Lipinski definition) is 3. The number of carboxylic acids is 1. The molecule has 0 aliphatic carbocycles. The van der Waals surface area contributed by atoms with Gasteiger partial charge >= 0.3 is 5.97 Å². The molecule has 0 radical (unpaired) electrons. The number of carboxylic acid groups (broad SMARTS) is 1. The van der Waals surface area contributed by atoms with E-state index in [9.17, 15) is 9.90 Å². The fourth-order valence-electron chi connectivity index (χ4n) is 0.844. The predicted octanol–water partition coefficient (Wildman–Crippen LogP) is 0.472. The summed E-state index contributed by atoms with van der Waals surface area (Å²) < 4.78 is 0. The molecule has 12 heavy (non-hydrogen) atoms. The lowest BCUT2D eigenvalue weighted by Crippen LogP contribution is -2.01. The van der Waals surface area contributed by atoms with Crippen molar-refractivity contribution in [3.05, 3.63) is 23.3 Å². The van der Waals surface area contributed by atoms with Gasteiger partial charge in [0.2, 0.25) is 0 Å². The minimum atomic E-state index is -1.30. The Balaban J connectivity index is 3.33. The summed E-state index contributed by atoms with van der Waals surface area (Å²) in [7, 11) is 0. The van der Waals surface area contributed by atoms with Crippen molar-refractivity contribution in [3.8, 4) is 11.5 Å². The first-order valence-corrected chi connectivity index (χ1v) is 3.26. The third kappa shape index (κ3) is 1.32. The Hall–Kier alpha value is -1.71. The van der Waals surface area contributed by atoms with Crippen molar-refractivity contribution in [3.63, 3.8) is 0 Å². The number of benzene rings is 1. The van der Waals surface area contributed by atoms with Crippen LogP contribution >= 0.6 is 0 Å². The van der Waals surface area contributed by atoms with E-state index in [4.69, 9.17) is 10.2 Å². The summed E-state index contributed by atoms with van der Waals surface area (Å²) in [6, 6.07) is 2.05. The molecule has 0 aliphatic rings. The van der Waals surface area contributed by atoms with Crippen molar-refractivity contribution in [1.82, 2.24) is 0 Å². The highest BCUT2D eigenvalue weighted by molar-refractivity contribution is 5.91. The Kier molecular flexibility index (Phi) is 1.91. The van der Waals surface area contributed by atoms with Gasteiger partial charge in [0.25, 0.3) is 0 Å². The molecule has 0 amide bonds. The number of carbonyl (C=O) groups is 1. The third-order valence-corrected chi connectivity index (χ3v) is 1.52. The van der Waals surface area contributed by atoms with Gasteiger partial charge in [0.05, 0.1) is 0 Å². The van der Waals surface area contributed by atoms with E-state index in [-0.39, 0.29) is 17.1 Å². The fraction of sp³-hybridized carbons (Fsp3) is 0.125. The van der Waals surface area contributed by atoms with Crippen LogP contribution in [0.1, 0.15) is 15.9 Å². The van der Waals surface area contributed by atoms with Gasteiger partial charge in [-0.3, -0.25) is 0 Å². The molecule has 1 aromatic rings. The molecule has 0 saturated heterocycles. The average Bonchev–Trinajstić information content (AvgIpc) is 1.96. The molecule has 1 aromatic carbocycles. The zero-order valence-corrected chi connectivity index (χ0v) is 6.37. The summed E-state index contributed by atoms with van der Waals surface area (Å²) in [5, 5.41) is 28.5. The van der Waals surface area contributed by atoms with E-state index < -0.39 is 5.97 Å². The van der Waals surface area contributed by atoms with Crippen LogP contribution in [0.3, 0.4) is 0 Å². The van der Waals surface area contributed by atoms with Crippen LogP contribution in [-0.2, 0) is 0 Å². The third-order valence-electron chi connectivity index (χ3n) is 1.52. The molecule has 0 bridgehead atoms. The van der Waals surface area contributed by atoms with Gasteiger partial charge in [-0.25, -0.2) is 4.79 Å². The van der Waals surface area contributed by atoms with Crippen LogP contribution in [0.2, 0.25) is 0 Å². The van der Waals surface area contributed by atoms with Crippen molar-refractivity contribution >= 4 is 5.97 Å². The molecule has 0 saturated carbocycles. The Bertz CT molecular complexity index is 330. The molecule has 0 fully saturated rings. The minimum absolute atomic E-state index is 0.331. The van der Waals surface area contributed by atoms with Crippen molar-refractivity contribution in [2.45, 2.75) is 6.92 Å². The number of aryl methyl sites for hydroxylation is 1. The monoisotopic (exact) mass is 167 g/mol. The van der Waals surface area contributed by atoms with E-state index in [1.54, 1.807) is 0 Å². The SMILES string of the molecule is Cc1cc(O)c(C(=O)O)cc1[O-]. The van der Waals surface area contributed by atoms with Gasteiger partial charge in [-0.2, -0.15) is 0 Å². The van der Waals surface area contributed by atoms with Crippen molar-refractivity contribution in [2.24, 2.45) is 0 Å². The van der Waals surface area contributed by atoms with E-state index in [0.717, 1.165) is 12.1 Å². The molecule has 0 unspecified atom stereocenters. The standard InChI is InChI=1S/C8H8O4/c1-4-2-7(10)5(8(11)12)3-6(4)9/h2-3,9-10H,1H3,(H,11,12)/p-1. The summed E-state index contributed by atoms with van der Waals surface area (Å²) in [5.74, 6) is -2.06. The molecule has 4 heteroatoms. The van der Waals surface area contributed by atoms with Gasteiger partial charge < -0.3 is 15.3 Å². The second-order valence-corrected chi connectivity index (χ2v) is 2.44. The van der Waals surface area contributed by atoms with Gasteiger partial charge in [-0.15, -0.1) is 5.75 Å². The van der Waals surface area contributed by atoms with E-state index >= 15 is 0 Å². The highest BCUT2D eigenvalue weighted by Gasteiger charge is 2.08. The molecule has 64 valence electrons. The molecule has 1 rings (SSSR count). The number of aromatic hydroxyl groups is 1. The number of phenols is 1. The molecule has 4 nitrogen and oxygen atoms in total. The fourth-order valence-corrected chi connectivity index (χ4v) is 0.844. The maximum absolute atomic E-state index is 10.9. The number of hydrogen-bond donors (Lipinski definition) is 2. The van der Waals surface area contributed by atoms with Gasteiger partial charge in [-0.1, -0.05) is 11.6 Å². The van der Waals surface area contributed by atoms with Gasteiger partial charge in [-0.05, 0) is 13.0 Å². The molecular formula is C8H7O4-. The highest BCUT2D eigenvalue weighted by Crippen LogP contribution is 2.24. The Morgan fingerprint density at radius 2 is 2.08 bits per heavy atom. The molecular weight excluding hydrogens is 160 g/mol. The zero-order valence-electron chi connectivity index (χ0n) is 6.37. The Morgan fingerprint density at radius 1 is 1.50 bits per heavy atom. The van der Waals surface area contributed by atoms with E-state index in [2.05, 4.69) is 0 Å². The minimum Gasteiger partial charge on any atom is -0.872 e. The summed E-state index contributed by atoms with van der Waals surface area (Å²) in [6.07, 6.45) is 0. The van der Waals surface area contributed by atoms with E-state index in [1.165, 1.54) is 6.92 Å². The normalized spacial score (nSPS) is 9.75. The number of rotatable bonds is 1. The molecule has 0 atom stereocenters. The topological polar surface area (TPSA) is 80.6 Å². The lowest BCUT2D eigenvalue weighted by Gasteiger charge is -2.11. The van der Waals surface area contributed by atoms with E-state index in [1.807, 2.05) is 0 Å². The molecule has 2 N–H and O–H groups in total. The van der Waals surface area contributed by atoms with Crippen LogP contribution in [0.4, 0.5) is 0 Å². The Morgan fingerprint density at radius 3 is 2.58 bits per heavy atom. The maximum atomic E-state index is 10.9. The second-order valence-electron chi connectivity index (χ2n) is 2.44. The van der Waals surface area contributed by atoms with Crippen LogP contribution in [0, 0.1) is 6.92 Å². The highest BCUT2D eigenvalue weighted by atomic mass is 16.4. The van der Waals surface area contributed by atoms with Gasteiger partial charge in [0.1, 0.15) is 11.3 Å². The lowest BCUT2D eigenvalue weighted by molar-refractivity contribution is -0.269. The van der Waals surface area contributed by atoms with Crippen molar-refractivity contribution in [1.29, 1.82) is 0 Å². The summed E-state index contributed by atoms with van der Waals surface area (Å²) >= 11 is 0. The maximum Gasteiger partial charge on any atom is 0.339 e. The average molecular weight is 167 g/mol. The van der Waals surface area contributed by atoms with Crippen LogP contribution in [-0.4, -0.2) is 16.2 Å². The van der Waals surface area contributed by atoms with Crippen LogP contribution in [0.25, 0.3) is 0 Å². The number of aromatic carboxylic acids is 1. The predicted molar refractivity (Wildman–Crippen MR) is 39.2 cm³/mol. The van der Waals surface area contributed by atoms with Gasteiger partial charge in [0.15, 0.2) is 0 Å². The first-order chi connectivity index (χ1) is 5.52. The van der Waals surface area contributed by atoms with Gasteiger partial charge in [0, 0.05) is 0 Å². The van der Waals surface area contributed by atoms with E-state index in [0.29, 0.717) is 5.56 Å². The van der Waals surface area contributed by atoms with Crippen LogP contribution < -0.4 is 5.11 Å². The smallest absolute Gasteiger partial charge is 0.339 e. The lowest BCUT2D eigenvalue weighted by atomic mass is 10.1. The summed E-state index contributed by atoms with van der Waals surface area (Å²) in [4.78, 5) is 10.4. The second kappa shape index (κ2) is 2.73. The summed E-state index contributed by atoms with van der Waals surface area (Å²) in [6.45, 7) is 1.51. The molecule has 0 heterocycles. The quantitative estimate of drug-likeness (QED) is 0.637. The first kappa shape index (κ1) is 8.39. The largest absolute Gasteiger partial charge is 0.872 e. The molecule has 0 aromatic heterocycles.